The number of hydrazine groups is 1. The Morgan fingerprint density at radius 1 is 1.13 bits per heavy atom. The maximum atomic E-state index is 12.7. The zero-order valence-corrected chi connectivity index (χ0v) is 18.4. The number of thiocarbonyl (C=S) groups is 1. The van der Waals surface area contributed by atoms with E-state index in [2.05, 4.69) is 10.9 Å². The monoisotopic (exact) mass is 455 g/mol. The van der Waals surface area contributed by atoms with E-state index in [4.69, 9.17) is 17.0 Å². The Morgan fingerprint density at radius 2 is 1.90 bits per heavy atom. The average molecular weight is 456 g/mol. The molecule has 0 saturated carbocycles. The summed E-state index contributed by atoms with van der Waals surface area (Å²) in [7, 11) is 1.59. The molecular weight excluding hydrogens is 434 g/mol. The SMILES string of the molecule is COc1cccc(/C=C2\SC(=S)N(CCCC(=O)NNC(=O)c3ccccc3)C2=O)c1. The van der Waals surface area contributed by atoms with Crippen molar-refractivity contribution >= 4 is 52.1 Å². The number of nitrogens with zero attached hydrogens (tertiary/aromatic N) is 1. The van der Waals surface area contributed by atoms with E-state index >= 15 is 0 Å². The van der Waals surface area contributed by atoms with Crippen molar-refractivity contribution in [1.82, 2.24) is 15.8 Å². The van der Waals surface area contributed by atoms with E-state index in [1.165, 1.54) is 16.7 Å². The molecule has 1 aliphatic rings. The van der Waals surface area contributed by atoms with Gasteiger partial charge in [-0.2, -0.15) is 0 Å². The van der Waals surface area contributed by atoms with E-state index in [1.54, 1.807) is 43.5 Å². The predicted octanol–water partition coefficient (Wildman–Crippen LogP) is 3.14. The quantitative estimate of drug-likeness (QED) is 0.379. The smallest absolute Gasteiger partial charge is 0.269 e. The summed E-state index contributed by atoms with van der Waals surface area (Å²) in [6, 6.07) is 16.0. The Labute approximate surface area is 189 Å². The number of amides is 3. The van der Waals surface area contributed by atoms with Gasteiger partial charge >= 0.3 is 0 Å². The lowest BCUT2D eigenvalue weighted by atomic mass is 10.2. The minimum atomic E-state index is -0.395. The van der Waals surface area contributed by atoms with Crippen molar-refractivity contribution in [2.24, 2.45) is 0 Å². The molecule has 31 heavy (non-hydrogen) atoms. The second-order valence-corrected chi connectivity index (χ2v) is 8.26. The number of hydrogen-bond acceptors (Lipinski definition) is 6. The maximum Gasteiger partial charge on any atom is 0.269 e. The number of ether oxygens (including phenoxy) is 1. The Morgan fingerprint density at radius 3 is 2.65 bits per heavy atom. The topological polar surface area (TPSA) is 87.7 Å². The van der Waals surface area contributed by atoms with Crippen LogP contribution in [0.4, 0.5) is 0 Å². The number of carbonyl (C=O) groups is 3. The summed E-state index contributed by atoms with van der Waals surface area (Å²) in [5.41, 5.74) is 6.04. The number of carbonyl (C=O) groups excluding carboxylic acids is 3. The summed E-state index contributed by atoms with van der Waals surface area (Å²) in [5, 5.41) is 0. The van der Waals surface area contributed by atoms with Crippen LogP contribution in [0, 0.1) is 0 Å². The molecule has 0 unspecified atom stereocenters. The largest absolute Gasteiger partial charge is 0.497 e. The fourth-order valence-electron chi connectivity index (χ4n) is 2.82. The van der Waals surface area contributed by atoms with Crippen LogP contribution in [-0.4, -0.2) is 40.6 Å². The lowest BCUT2D eigenvalue weighted by molar-refractivity contribution is -0.124. The number of hydrogen-bond donors (Lipinski definition) is 2. The van der Waals surface area contributed by atoms with E-state index in [0.29, 0.717) is 33.5 Å². The molecule has 0 atom stereocenters. The summed E-state index contributed by atoms with van der Waals surface area (Å²) in [4.78, 5) is 38.6. The van der Waals surface area contributed by atoms with E-state index in [1.807, 2.05) is 24.3 Å². The highest BCUT2D eigenvalue weighted by Gasteiger charge is 2.31. The summed E-state index contributed by atoms with van der Waals surface area (Å²) >= 11 is 6.55. The van der Waals surface area contributed by atoms with Crippen LogP contribution in [-0.2, 0) is 9.59 Å². The standard InChI is InChI=1S/C22H21N3O4S2/c1-29-17-10-5-7-15(13-17)14-18-21(28)25(22(30)31-18)12-6-11-19(26)23-24-20(27)16-8-3-2-4-9-16/h2-5,7-10,13-14H,6,11-12H2,1H3,(H,23,26)(H,24,27)/b18-14-. The van der Waals surface area contributed by atoms with Crippen molar-refractivity contribution in [3.63, 3.8) is 0 Å². The van der Waals surface area contributed by atoms with Gasteiger partial charge in [0.25, 0.3) is 11.8 Å². The highest BCUT2D eigenvalue weighted by atomic mass is 32.2. The van der Waals surface area contributed by atoms with Crippen molar-refractivity contribution in [1.29, 1.82) is 0 Å². The van der Waals surface area contributed by atoms with Crippen molar-refractivity contribution in [3.8, 4) is 5.75 Å². The molecule has 1 heterocycles. The Kier molecular flexibility index (Phi) is 7.80. The van der Waals surface area contributed by atoms with Crippen LogP contribution < -0.4 is 15.6 Å². The van der Waals surface area contributed by atoms with Gasteiger partial charge in [-0.05, 0) is 42.3 Å². The molecule has 2 aromatic rings. The normalized spacial score (nSPS) is 14.6. The van der Waals surface area contributed by atoms with Gasteiger partial charge in [-0.1, -0.05) is 54.3 Å². The third-order valence-corrected chi connectivity index (χ3v) is 5.78. The highest BCUT2D eigenvalue weighted by Crippen LogP contribution is 2.33. The molecule has 1 aliphatic heterocycles. The molecule has 3 amide bonds. The first kappa shape index (κ1) is 22.5. The van der Waals surface area contributed by atoms with Crippen molar-refractivity contribution in [3.05, 3.63) is 70.6 Å². The first-order chi connectivity index (χ1) is 15.0. The van der Waals surface area contributed by atoms with Gasteiger partial charge in [-0.15, -0.1) is 0 Å². The van der Waals surface area contributed by atoms with E-state index in [0.717, 1.165) is 5.56 Å². The van der Waals surface area contributed by atoms with E-state index < -0.39 is 5.91 Å². The molecule has 1 fully saturated rings. The van der Waals surface area contributed by atoms with Crippen LogP contribution >= 0.6 is 24.0 Å². The average Bonchev–Trinajstić information content (AvgIpc) is 3.05. The highest BCUT2D eigenvalue weighted by molar-refractivity contribution is 8.26. The lowest BCUT2D eigenvalue weighted by Crippen LogP contribution is -2.41. The molecule has 0 aromatic heterocycles. The number of thioether (sulfide) groups is 1. The third-order valence-electron chi connectivity index (χ3n) is 4.40. The van der Waals surface area contributed by atoms with E-state index in [9.17, 15) is 14.4 Å². The first-order valence-corrected chi connectivity index (χ1v) is 10.7. The molecule has 2 N–H and O–H groups in total. The Hall–Kier alpha value is -3.17. The van der Waals surface area contributed by atoms with Crippen LogP contribution in [0.15, 0.2) is 59.5 Å². The summed E-state index contributed by atoms with van der Waals surface area (Å²) in [6.45, 7) is 0.320. The minimum absolute atomic E-state index is 0.140. The molecule has 0 radical (unpaired) electrons. The Balaban J connectivity index is 1.47. The number of methoxy groups -OCH3 is 1. The molecule has 0 aliphatic carbocycles. The molecule has 2 aromatic carbocycles. The molecular formula is C22H21N3O4S2. The zero-order chi connectivity index (χ0) is 22.2. The second-order valence-electron chi connectivity index (χ2n) is 6.58. The minimum Gasteiger partial charge on any atom is -0.497 e. The van der Waals surface area contributed by atoms with Crippen LogP contribution in [0.5, 0.6) is 5.75 Å². The van der Waals surface area contributed by atoms with Crippen LogP contribution in [0.3, 0.4) is 0 Å². The number of benzene rings is 2. The second kappa shape index (κ2) is 10.7. The summed E-state index contributed by atoms with van der Waals surface area (Å²) in [6.07, 6.45) is 2.32. The first-order valence-electron chi connectivity index (χ1n) is 9.51. The zero-order valence-electron chi connectivity index (χ0n) is 16.8. The molecule has 160 valence electrons. The van der Waals surface area contributed by atoms with Crippen molar-refractivity contribution < 1.29 is 19.1 Å². The predicted molar refractivity (Wildman–Crippen MR) is 124 cm³/mol. The molecule has 1 saturated heterocycles. The van der Waals surface area contributed by atoms with Crippen LogP contribution in [0.25, 0.3) is 6.08 Å². The third kappa shape index (κ3) is 6.16. The molecule has 9 heteroatoms. The van der Waals surface area contributed by atoms with Crippen molar-refractivity contribution in [2.75, 3.05) is 13.7 Å². The van der Waals surface area contributed by atoms with Gasteiger partial charge in [-0.3, -0.25) is 30.1 Å². The molecule has 7 nitrogen and oxygen atoms in total. The summed E-state index contributed by atoms with van der Waals surface area (Å²) in [5.74, 6) is -0.222. The van der Waals surface area contributed by atoms with Gasteiger partial charge in [-0.25, -0.2) is 0 Å². The number of nitrogens with one attached hydrogen (secondary N) is 2. The summed E-state index contributed by atoms with van der Waals surface area (Å²) < 4.78 is 5.66. The van der Waals surface area contributed by atoms with Crippen LogP contribution in [0.1, 0.15) is 28.8 Å². The van der Waals surface area contributed by atoms with Gasteiger partial charge in [0.2, 0.25) is 5.91 Å². The maximum absolute atomic E-state index is 12.7. The van der Waals surface area contributed by atoms with Gasteiger partial charge in [0.1, 0.15) is 10.1 Å². The van der Waals surface area contributed by atoms with Crippen molar-refractivity contribution in [2.45, 2.75) is 12.8 Å². The van der Waals surface area contributed by atoms with Gasteiger partial charge in [0.15, 0.2) is 0 Å². The molecule has 0 spiro atoms. The molecule has 0 bridgehead atoms. The van der Waals surface area contributed by atoms with E-state index in [-0.39, 0.29) is 18.2 Å². The van der Waals surface area contributed by atoms with Gasteiger partial charge in [0.05, 0.1) is 12.0 Å². The Bertz CT molecular complexity index is 1020. The fourth-order valence-corrected chi connectivity index (χ4v) is 4.13. The number of rotatable bonds is 7. The van der Waals surface area contributed by atoms with Crippen LogP contribution in [0.2, 0.25) is 0 Å². The van der Waals surface area contributed by atoms with Gasteiger partial charge < -0.3 is 4.74 Å². The fraction of sp³-hybridized carbons (Fsp3) is 0.182. The van der Waals surface area contributed by atoms with Gasteiger partial charge in [0, 0.05) is 18.5 Å². The lowest BCUT2D eigenvalue weighted by Gasteiger charge is -2.14. The molecule has 3 rings (SSSR count).